The molecule has 0 unspecified atom stereocenters. The molecule has 1 aliphatic rings. The summed E-state index contributed by atoms with van der Waals surface area (Å²) in [5, 5.41) is 0. The largest absolute Gasteiger partial charge is 0.496 e. The van der Waals surface area contributed by atoms with Gasteiger partial charge in [-0.2, -0.15) is 0 Å². The fraction of sp³-hybridized carbons (Fsp3) is 0.286. The lowest BCUT2D eigenvalue weighted by molar-refractivity contribution is -0.222. The van der Waals surface area contributed by atoms with Crippen molar-refractivity contribution in [2.24, 2.45) is 0 Å². The van der Waals surface area contributed by atoms with E-state index >= 15 is 0 Å². The van der Waals surface area contributed by atoms with Crippen molar-refractivity contribution in [1.29, 1.82) is 0 Å². The van der Waals surface area contributed by atoms with Gasteiger partial charge in [-0.3, -0.25) is 0 Å². The first-order chi connectivity index (χ1) is 9.75. The quantitative estimate of drug-likeness (QED) is 0.462. The maximum atomic E-state index is 13.9. The Bertz CT molecular complexity index is 629. The zero-order valence-electron chi connectivity index (χ0n) is 11.5. The maximum absolute atomic E-state index is 13.9. The fourth-order valence-electron chi connectivity index (χ4n) is 1.76. The second kappa shape index (κ2) is 5.48. The topological polar surface area (TPSA) is 61.8 Å². The minimum Gasteiger partial charge on any atom is -0.496 e. The number of hydrogen-bond acceptors (Lipinski definition) is 5. The third-order valence-electron chi connectivity index (χ3n) is 2.72. The highest BCUT2D eigenvalue weighted by Crippen LogP contribution is 2.33. The Kier molecular flexibility index (Phi) is 4.04. The number of benzene rings is 1. The standard InChI is InChI=1S/C14H12BrFO5/c1-14(2)20-12(17)8(13(18)21-14)6-7-9(16)4-5-10(19-3)11(7)15/h4-6H,1-3H3. The van der Waals surface area contributed by atoms with E-state index in [1.165, 1.54) is 33.1 Å². The van der Waals surface area contributed by atoms with Gasteiger partial charge < -0.3 is 14.2 Å². The smallest absolute Gasteiger partial charge is 0.348 e. The number of esters is 2. The molecule has 2 rings (SSSR count). The molecule has 0 saturated carbocycles. The van der Waals surface area contributed by atoms with Crippen LogP contribution in [0.25, 0.3) is 6.08 Å². The summed E-state index contributed by atoms with van der Waals surface area (Å²) in [4.78, 5) is 23.7. The van der Waals surface area contributed by atoms with Crippen molar-refractivity contribution in [3.63, 3.8) is 0 Å². The fourth-order valence-corrected chi connectivity index (χ4v) is 2.36. The molecule has 1 heterocycles. The van der Waals surface area contributed by atoms with Crippen LogP contribution in [0, 0.1) is 5.82 Å². The van der Waals surface area contributed by atoms with Crippen LogP contribution >= 0.6 is 15.9 Å². The van der Waals surface area contributed by atoms with Gasteiger partial charge in [-0.1, -0.05) is 0 Å². The first-order valence-corrected chi connectivity index (χ1v) is 6.75. The number of rotatable bonds is 2. The van der Waals surface area contributed by atoms with Crippen LogP contribution in [0.4, 0.5) is 4.39 Å². The molecule has 1 fully saturated rings. The molecule has 0 aliphatic carbocycles. The van der Waals surface area contributed by atoms with Gasteiger partial charge in [-0.15, -0.1) is 0 Å². The summed E-state index contributed by atoms with van der Waals surface area (Å²) in [6, 6.07) is 2.58. The maximum Gasteiger partial charge on any atom is 0.348 e. The Balaban J connectivity index is 2.49. The Morgan fingerprint density at radius 1 is 1.24 bits per heavy atom. The van der Waals surface area contributed by atoms with E-state index in [1.54, 1.807) is 0 Å². The molecule has 0 spiro atoms. The van der Waals surface area contributed by atoms with E-state index in [-0.39, 0.29) is 15.6 Å². The Hall–Kier alpha value is -1.89. The highest BCUT2D eigenvalue weighted by atomic mass is 79.9. The molecule has 0 bridgehead atoms. The van der Waals surface area contributed by atoms with Crippen LogP contribution in [0.3, 0.4) is 0 Å². The van der Waals surface area contributed by atoms with Crippen LogP contribution in [0.5, 0.6) is 5.75 Å². The van der Waals surface area contributed by atoms with Crippen molar-refractivity contribution >= 4 is 33.9 Å². The molecule has 5 nitrogen and oxygen atoms in total. The summed E-state index contributed by atoms with van der Waals surface area (Å²) in [7, 11) is 1.42. The van der Waals surface area contributed by atoms with Crippen LogP contribution in [-0.4, -0.2) is 24.8 Å². The van der Waals surface area contributed by atoms with E-state index in [4.69, 9.17) is 14.2 Å². The van der Waals surface area contributed by atoms with Crippen LogP contribution in [0.15, 0.2) is 22.2 Å². The number of cyclic esters (lactones) is 2. The monoisotopic (exact) mass is 358 g/mol. The molecule has 1 aromatic carbocycles. The summed E-state index contributed by atoms with van der Waals surface area (Å²) >= 11 is 3.17. The molecule has 7 heteroatoms. The molecule has 0 atom stereocenters. The van der Waals surface area contributed by atoms with E-state index < -0.39 is 23.5 Å². The lowest BCUT2D eigenvalue weighted by atomic mass is 10.1. The zero-order valence-corrected chi connectivity index (χ0v) is 13.1. The lowest BCUT2D eigenvalue weighted by Crippen LogP contribution is -2.41. The minimum absolute atomic E-state index is 0.00189. The van der Waals surface area contributed by atoms with Gasteiger partial charge in [0.05, 0.1) is 11.6 Å². The predicted molar refractivity (Wildman–Crippen MR) is 74.9 cm³/mol. The lowest BCUT2D eigenvalue weighted by Gasteiger charge is -2.29. The summed E-state index contributed by atoms with van der Waals surface area (Å²) in [6.45, 7) is 2.86. The van der Waals surface area contributed by atoms with Crippen molar-refractivity contribution < 1.29 is 28.2 Å². The van der Waals surface area contributed by atoms with Gasteiger partial charge in [0.2, 0.25) is 0 Å². The average Bonchev–Trinajstić information content (AvgIpc) is 2.36. The summed E-state index contributed by atoms with van der Waals surface area (Å²) in [5.74, 6) is -3.34. The van der Waals surface area contributed by atoms with Crippen molar-refractivity contribution in [3.05, 3.63) is 33.6 Å². The molecule has 1 aromatic rings. The molecule has 0 N–H and O–H groups in total. The molecule has 112 valence electrons. The number of methoxy groups -OCH3 is 1. The first-order valence-electron chi connectivity index (χ1n) is 5.95. The summed E-state index contributed by atoms with van der Waals surface area (Å²) in [5.41, 5.74) is -0.389. The molecular weight excluding hydrogens is 347 g/mol. The van der Waals surface area contributed by atoms with Crippen molar-refractivity contribution in [2.75, 3.05) is 7.11 Å². The third kappa shape index (κ3) is 3.07. The minimum atomic E-state index is -1.34. The van der Waals surface area contributed by atoms with E-state index in [0.717, 1.165) is 6.08 Å². The average molecular weight is 359 g/mol. The molecular formula is C14H12BrFO5. The molecule has 0 aromatic heterocycles. The predicted octanol–water partition coefficient (Wildman–Crippen LogP) is 2.82. The molecule has 0 radical (unpaired) electrons. The Morgan fingerprint density at radius 2 is 1.81 bits per heavy atom. The van der Waals surface area contributed by atoms with E-state index in [9.17, 15) is 14.0 Å². The SMILES string of the molecule is COc1ccc(F)c(C=C2C(=O)OC(C)(C)OC2=O)c1Br. The second-order valence-corrected chi connectivity index (χ2v) is 5.51. The van der Waals surface area contributed by atoms with Gasteiger partial charge in [-0.05, 0) is 34.1 Å². The Morgan fingerprint density at radius 3 is 2.33 bits per heavy atom. The number of carbonyl (C=O) groups is 2. The molecule has 1 aliphatic heterocycles. The van der Waals surface area contributed by atoms with Gasteiger partial charge in [0.25, 0.3) is 5.79 Å². The normalized spacial score (nSPS) is 17.1. The van der Waals surface area contributed by atoms with Crippen molar-refractivity contribution in [1.82, 2.24) is 0 Å². The molecule has 0 amide bonds. The van der Waals surface area contributed by atoms with Crippen LogP contribution in [-0.2, 0) is 19.1 Å². The zero-order chi connectivity index (χ0) is 15.8. The van der Waals surface area contributed by atoms with Crippen molar-refractivity contribution in [3.8, 4) is 5.75 Å². The second-order valence-electron chi connectivity index (χ2n) is 4.71. The van der Waals surface area contributed by atoms with Crippen LogP contribution < -0.4 is 4.74 Å². The van der Waals surface area contributed by atoms with E-state index in [1.807, 2.05) is 0 Å². The molecule has 1 saturated heterocycles. The van der Waals surface area contributed by atoms with E-state index in [0.29, 0.717) is 5.75 Å². The number of ether oxygens (including phenoxy) is 3. The summed E-state index contributed by atoms with van der Waals surface area (Å²) < 4.78 is 29.1. The first kappa shape index (κ1) is 15.5. The highest BCUT2D eigenvalue weighted by molar-refractivity contribution is 9.10. The highest BCUT2D eigenvalue weighted by Gasteiger charge is 2.39. The number of hydrogen-bond donors (Lipinski definition) is 0. The van der Waals surface area contributed by atoms with Crippen LogP contribution in [0.2, 0.25) is 0 Å². The Labute approximate surface area is 128 Å². The summed E-state index contributed by atoms with van der Waals surface area (Å²) in [6.07, 6.45) is 1.07. The van der Waals surface area contributed by atoms with Gasteiger partial charge in [0.1, 0.15) is 17.1 Å². The third-order valence-corrected chi connectivity index (χ3v) is 3.53. The van der Waals surface area contributed by atoms with E-state index in [2.05, 4.69) is 15.9 Å². The van der Waals surface area contributed by atoms with Gasteiger partial charge >= 0.3 is 11.9 Å². The van der Waals surface area contributed by atoms with Crippen molar-refractivity contribution in [2.45, 2.75) is 19.6 Å². The van der Waals surface area contributed by atoms with Gasteiger partial charge in [0, 0.05) is 19.4 Å². The molecule has 21 heavy (non-hydrogen) atoms. The van der Waals surface area contributed by atoms with Gasteiger partial charge in [-0.25, -0.2) is 14.0 Å². The van der Waals surface area contributed by atoms with Crippen LogP contribution in [0.1, 0.15) is 19.4 Å². The number of halogens is 2. The number of carbonyl (C=O) groups excluding carboxylic acids is 2. The van der Waals surface area contributed by atoms with Gasteiger partial charge in [0.15, 0.2) is 0 Å².